The summed E-state index contributed by atoms with van der Waals surface area (Å²) in [5, 5.41) is 5.23. The molecule has 1 nitrogen and oxygen atoms in total. The van der Waals surface area contributed by atoms with E-state index < -0.39 is 0 Å². The van der Waals surface area contributed by atoms with Crippen LogP contribution in [0, 0.1) is 0 Å². The van der Waals surface area contributed by atoms with Gasteiger partial charge in [0.2, 0.25) is 0 Å². The van der Waals surface area contributed by atoms with E-state index in [1.807, 2.05) is 11.3 Å². The summed E-state index contributed by atoms with van der Waals surface area (Å²) in [5.74, 6) is 0. The summed E-state index contributed by atoms with van der Waals surface area (Å²) in [6.07, 6.45) is 0. The Morgan fingerprint density at radius 2 is 0.796 bits per heavy atom. The number of nitrogens with zero attached hydrogens (tertiary/aromatic N) is 1. The van der Waals surface area contributed by atoms with Gasteiger partial charge in [0.25, 0.3) is 0 Å². The second-order valence-corrected chi connectivity index (χ2v) is 14.8. The third-order valence-electron chi connectivity index (χ3n) is 10.5. The van der Waals surface area contributed by atoms with Crippen LogP contribution in [0.5, 0.6) is 0 Å². The summed E-state index contributed by atoms with van der Waals surface area (Å²) in [4.78, 5) is 2.37. The average Bonchev–Trinajstić information content (AvgIpc) is 3.65. The van der Waals surface area contributed by atoms with E-state index in [-0.39, 0.29) is 0 Å². The molecule has 1 aromatic heterocycles. The molecule has 0 fully saturated rings. The molecule has 0 radical (unpaired) electrons. The zero-order valence-electron chi connectivity index (χ0n) is 29.6. The summed E-state index contributed by atoms with van der Waals surface area (Å²) in [7, 11) is 0. The standard InChI is InChI=1S/C52H35NS/c1-3-12-36(13-4-1)38-22-24-39(25-23-38)40-26-30-44(31-27-40)53(46-18-11-17-42(34-46)37-14-5-2-6-15-37)45-32-28-41(29-33-45)49-35-43-16-7-8-19-47(43)52-51(49)48-20-9-10-21-50(48)54-52/h1-35H. The molecule has 0 aliphatic rings. The Balaban J connectivity index is 1.06. The predicted octanol–water partition coefficient (Wildman–Crippen LogP) is 15.3. The first-order valence-electron chi connectivity index (χ1n) is 18.4. The Morgan fingerprint density at radius 1 is 0.315 bits per heavy atom. The highest BCUT2D eigenvalue weighted by molar-refractivity contribution is 7.26. The molecule has 0 aliphatic heterocycles. The molecule has 1 heterocycles. The molecule has 0 bridgehead atoms. The van der Waals surface area contributed by atoms with Crippen molar-refractivity contribution in [3.8, 4) is 44.5 Å². The fourth-order valence-corrected chi connectivity index (χ4v) is 9.03. The molecule has 2 heteroatoms. The fraction of sp³-hybridized carbons (Fsp3) is 0. The molecule has 10 aromatic rings. The normalized spacial score (nSPS) is 11.3. The zero-order valence-corrected chi connectivity index (χ0v) is 30.4. The van der Waals surface area contributed by atoms with Crippen LogP contribution < -0.4 is 4.90 Å². The summed E-state index contributed by atoms with van der Waals surface area (Å²) < 4.78 is 2.67. The highest BCUT2D eigenvalue weighted by Gasteiger charge is 2.17. The number of rotatable bonds is 7. The minimum Gasteiger partial charge on any atom is -0.310 e. The highest BCUT2D eigenvalue weighted by Crippen LogP contribution is 2.45. The van der Waals surface area contributed by atoms with Gasteiger partial charge in [-0.2, -0.15) is 0 Å². The molecule has 0 N–H and O–H groups in total. The quantitative estimate of drug-likeness (QED) is 0.160. The number of benzene rings is 9. The van der Waals surface area contributed by atoms with Crippen LogP contribution in [0.3, 0.4) is 0 Å². The molecule has 0 unspecified atom stereocenters. The van der Waals surface area contributed by atoms with Crippen LogP contribution in [-0.2, 0) is 0 Å². The first kappa shape index (κ1) is 32.0. The van der Waals surface area contributed by atoms with Crippen molar-refractivity contribution in [2.24, 2.45) is 0 Å². The second kappa shape index (κ2) is 13.7. The molecule has 0 amide bonds. The van der Waals surface area contributed by atoms with Crippen LogP contribution in [0.25, 0.3) is 75.5 Å². The third kappa shape index (κ3) is 5.84. The van der Waals surface area contributed by atoms with Gasteiger partial charge < -0.3 is 4.90 Å². The first-order valence-corrected chi connectivity index (χ1v) is 19.2. The summed E-state index contributed by atoms with van der Waals surface area (Å²) in [5.41, 5.74) is 13.0. The summed E-state index contributed by atoms with van der Waals surface area (Å²) in [6.45, 7) is 0. The largest absolute Gasteiger partial charge is 0.310 e. The van der Waals surface area contributed by atoms with Crippen LogP contribution in [0.1, 0.15) is 0 Å². The van der Waals surface area contributed by atoms with E-state index in [1.54, 1.807) is 0 Å². The van der Waals surface area contributed by atoms with E-state index in [1.165, 1.54) is 75.5 Å². The van der Waals surface area contributed by atoms with Crippen molar-refractivity contribution >= 4 is 59.3 Å². The number of hydrogen-bond acceptors (Lipinski definition) is 2. The maximum Gasteiger partial charge on any atom is 0.0467 e. The molecule has 54 heavy (non-hydrogen) atoms. The van der Waals surface area contributed by atoms with Gasteiger partial charge in [0.05, 0.1) is 0 Å². The summed E-state index contributed by atoms with van der Waals surface area (Å²) in [6, 6.07) is 77.0. The lowest BCUT2D eigenvalue weighted by atomic mass is 9.95. The lowest BCUT2D eigenvalue weighted by Gasteiger charge is -2.26. The van der Waals surface area contributed by atoms with Gasteiger partial charge in [-0.1, -0.05) is 164 Å². The molecule has 0 spiro atoms. The zero-order chi connectivity index (χ0) is 35.8. The second-order valence-electron chi connectivity index (χ2n) is 13.7. The van der Waals surface area contributed by atoms with Crippen LogP contribution in [-0.4, -0.2) is 0 Å². The summed E-state index contributed by atoms with van der Waals surface area (Å²) >= 11 is 1.89. The van der Waals surface area contributed by atoms with Crippen molar-refractivity contribution in [2.45, 2.75) is 0 Å². The van der Waals surface area contributed by atoms with E-state index in [2.05, 4.69) is 217 Å². The Morgan fingerprint density at radius 3 is 1.44 bits per heavy atom. The van der Waals surface area contributed by atoms with Gasteiger partial charge in [-0.15, -0.1) is 11.3 Å². The number of anilines is 3. The Labute approximate surface area is 319 Å². The molecule has 254 valence electrons. The lowest BCUT2D eigenvalue weighted by molar-refractivity contribution is 1.28. The van der Waals surface area contributed by atoms with Crippen molar-refractivity contribution in [1.82, 2.24) is 0 Å². The monoisotopic (exact) mass is 705 g/mol. The van der Waals surface area contributed by atoms with Crippen LogP contribution in [0.15, 0.2) is 212 Å². The van der Waals surface area contributed by atoms with Crippen molar-refractivity contribution < 1.29 is 0 Å². The van der Waals surface area contributed by atoms with Gasteiger partial charge in [-0.3, -0.25) is 0 Å². The SMILES string of the molecule is c1ccc(-c2ccc(-c3ccc(N(c4ccc(-c5cc6ccccc6c6sc7ccccc7c56)cc4)c4cccc(-c5ccccc5)c4)cc3)cc2)cc1. The van der Waals surface area contributed by atoms with E-state index in [0.717, 1.165) is 17.1 Å². The van der Waals surface area contributed by atoms with Crippen LogP contribution in [0.4, 0.5) is 17.1 Å². The first-order chi connectivity index (χ1) is 26.8. The molecule has 9 aromatic carbocycles. The average molecular weight is 706 g/mol. The van der Waals surface area contributed by atoms with Gasteiger partial charge in [0.1, 0.15) is 0 Å². The number of fused-ring (bicyclic) bond motifs is 5. The van der Waals surface area contributed by atoms with Crippen molar-refractivity contribution in [3.63, 3.8) is 0 Å². The van der Waals surface area contributed by atoms with Crippen LogP contribution in [0.2, 0.25) is 0 Å². The van der Waals surface area contributed by atoms with E-state index in [9.17, 15) is 0 Å². The van der Waals surface area contributed by atoms with Gasteiger partial charge in [-0.25, -0.2) is 0 Å². The molecular formula is C52H35NS. The predicted molar refractivity (Wildman–Crippen MR) is 233 cm³/mol. The minimum atomic E-state index is 1.11. The molecule has 0 aliphatic carbocycles. The van der Waals surface area contributed by atoms with Gasteiger partial charge in [0.15, 0.2) is 0 Å². The van der Waals surface area contributed by atoms with Crippen molar-refractivity contribution in [2.75, 3.05) is 4.90 Å². The van der Waals surface area contributed by atoms with Crippen molar-refractivity contribution in [1.29, 1.82) is 0 Å². The highest BCUT2D eigenvalue weighted by atomic mass is 32.1. The molecule has 0 atom stereocenters. The lowest BCUT2D eigenvalue weighted by Crippen LogP contribution is -2.10. The smallest absolute Gasteiger partial charge is 0.0467 e. The Bertz CT molecular complexity index is 2890. The number of thiophene rings is 1. The van der Waals surface area contributed by atoms with E-state index in [4.69, 9.17) is 0 Å². The van der Waals surface area contributed by atoms with Gasteiger partial charge >= 0.3 is 0 Å². The third-order valence-corrected chi connectivity index (χ3v) is 11.7. The van der Waals surface area contributed by atoms with Crippen LogP contribution >= 0.6 is 11.3 Å². The molecule has 0 saturated heterocycles. The maximum absolute atomic E-state index is 2.37. The minimum absolute atomic E-state index is 1.11. The molecule has 0 saturated carbocycles. The Kier molecular flexibility index (Phi) is 8.09. The van der Waals surface area contributed by atoms with E-state index >= 15 is 0 Å². The van der Waals surface area contributed by atoms with Crippen molar-refractivity contribution in [3.05, 3.63) is 212 Å². The van der Waals surface area contributed by atoms with Gasteiger partial charge in [0, 0.05) is 37.2 Å². The Hall–Kier alpha value is -6.74. The molecule has 10 rings (SSSR count). The maximum atomic E-state index is 2.37. The fourth-order valence-electron chi connectivity index (χ4n) is 7.77. The van der Waals surface area contributed by atoms with E-state index in [0.29, 0.717) is 0 Å². The van der Waals surface area contributed by atoms with Gasteiger partial charge in [-0.05, 0) is 104 Å². The molecular weight excluding hydrogens is 671 g/mol. The number of hydrogen-bond donors (Lipinski definition) is 0. The topological polar surface area (TPSA) is 3.24 Å².